The quantitative estimate of drug-likeness (QED) is 0.439. The van der Waals surface area contributed by atoms with Crippen molar-refractivity contribution in [1.82, 2.24) is 9.55 Å². The van der Waals surface area contributed by atoms with Crippen LogP contribution in [0.5, 0.6) is 11.5 Å². The molecule has 1 atom stereocenters. The van der Waals surface area contributed by atoms with E-state index in [0.29, 0.717) is 48.2 Å². The van der Waals surface area contributed by atoms with Crippen LogP contribution in [0.3, 0.4) is 0 Å². The number of nitriles is 1. The molecule has 0 aliphatic rings. The molecular formula is C28H34ClN4O3+. The summed E-state index contributed by atoms with van der Waals surface area (Å²) in [6.07, 6.45) is 0.863. The van der Waals surface area contributed by atoms with Crippen LogP contribution in [0, 0.1) is 31.1 Å². The zero-order valence-corrected chi connectivity index (χ0v) is 22.6. The number of imidazole rings is 1. The topological polar surface area (TPSA) is 81.6 Å². The van der Waals surface area contributed by atoms with Crippen molar-refractivity contribution >= 4 is 17.5 Å². The Morgan fingerprint density at radius 3 is 2.53 bits per heavy atom. The first-order valence-electron chi connectivity index (χ1n) is 12.0. The Morgan fingerprint density at radius 2 is 1.89 bits per heavy atom. The molecule has 3 aromatic rings. The average molecular weight is 510 g/mol. The second kappa shape index (κ2) is 12.1. The van der Waals surface area contributed by atoms with Crippen LogP contribution in [-0.2, 0) is 13.1 Å². The fourth-order valence-corrected chi connectivity index (χ4v) is 4.52. The molecule has 0 aliphatic heterocycles. The maximum Gasteiger partial charge on any atom is 0.346 e. The number of amides is 1. The van der Waals surface area contributed by atoms with Gasteiger partial charge in [0.1, 0.15) is 17.1 Å². The molecular weight excluding hydrogens is 476 g/mol. The number of halogens is 1. The van der Waals surface area contributed by atoms with E-state index in [4.69, 9.17) is 26.1 Å². The van der Waals surface area contributed by atoms with Crippen molar-refractivity contribution in [2.45, 2.75) is 47.2 Å². The van der Waals surface area contributed by atoms with Crippen molar-refractivity contribution in [3.63, 3.8) is 0 Å². The van der Waals surface area contributed by atoms with Gasteiger partial charge >= 0.3 is 5.91 Å². The SMILES string of the molecule is COc1ccc(C(=O)[NH+](CCC(C)C)Cc2nc(C)c(C)n2Cc2ccccc2C#N)c(Cl)c1OC. The van der Waals surface area contributed by atoms with Gasteiger partial charge < -0.3 is 14.0 Å². The molecule has 3 rings (SSSR count). The Bertz CT molecular complexity index is 1280. The third-order valence-electron chi connectivity index (χ3n) is 6.45. The lowest BCUT2D eigenvalue weighted by Gasteiger charge is -2.20. The van der Waals surface area contributed by atoms with Gasteiger partial charge in [-0.15, -0.1) is 0 Å². The number of quaternary nitrogens is 1. The summed E-state index contributed by atoms with van der Waals surface area (Å²) in [6, 6.07) is 13.2. The molecule has 0 saturated heterocycles. The Labute approximate surface area is 218 Å². The minimum absolute atomic E-state index is 0.121. The molecule has 1 aromatic heterocycles. The summed E-state index contributed by atoms with van der Waals surface area (Å²) < 4.78 is 12.9. The second-order valence-electron chi connectivity index (χ2n) is 9.26. The predicted octanol–water partition coefficient (Wildman–Crippen LogP) is 4.36. The number of rotatable bonds is 10. The van der Waals surface area contributed by atoms with Gasteiger partial charge in [-0.2, -0.15) is 5.26 Å². The van der Waals surface area contributed by atoms with Gasteiger partial charge in [0.25, 0.3) is 0 Å². The lowest BCUT2D eigenvalue weighted by atomic mass is 10.1. The van der Waals surface area contributed by atoms with Crippen molar-refractivity contribution < 1.29 is 19.2 Å². The van der Waals surface area contributed by atoms with Gasteiger partial charge in [0.2, 0.25) is 0 Å². The lowest BCUT2D eigenvalue weighted by Crippen LogP contribution is -3.13. The molecule has 1 N–H and O–H groups in total. The van der Waals surface area contributed by atoms with Crippen LogP contribution in [0.15, 0.2) is 36.4 Å². The summed E-state index contributed by atoms with van der Waals surface area (Å²) in [5.74, 6) is 1.92. The predicted molar refractivity (Wildman–Crippen MR) is 140 cm³/mol. The minimum Gasteiger partial charge on any atom is -0.493 e. The molecule has 36 heavy (non-hydrogen) atoms. The van der Waals surface area contributed by atoms with Crippen molar-refractivity contribution in [1.29, 1.82) is 5.26 Å². The summed E-state index contributed by atoms with van der Waals surface area (Å²) >= 11 is 6.61. The Balaban J connectivity index is 2.00. The Morgan fingerprint density at radius 1 is 1.17 bits per heavy atom. The highest BCUT2D eigenvalue weighted by Gasteiger charge is 2.29. The molecule has 2 aromatic carbocycles. The first kappa shape index (κ1) is 27.3. The largest absolute Gasteiger partial charge is 0.493 e. The van der Waals surface area contributed by atoms with E-state index < -0.39 is 0 Å². The summed E-state index contributed by atoms with van der Waals surface area (Å²) in [4.78, 5) is 19.4. The van der Waals surface area contributed by atoms with Gasteiger partial charge in [0.05, 0.1) is 44.6 Å². The molecule has 0 spiro atoms. The third kappa shape index (κ3) is 5.89. The Hall–Kier alpha value is -3.34. The van der Waals surface area contributed by atoms with E-state index >= 15 is 0 Å². The first-order valence-corrected chi connectivity index (χ1v) is 12.4. The van der Waals surface area contributed by atoms with Gasteiger partial charge in [-0.3, -0.25) is 4.90 Å². The zero-order valence-electron chi connectivity index (χ0n) is 21.8. The Kier molecular flexibility index (Phi) is 9.14. The van der Waals surface area contributed by atoms with Crippen LogP contribution in [0.2, 0.25) is 5.02 Å². The van der Waals surface area contributed by atoms with E-state index in [1.165, 1.54) is 14.2 Å². The van der Waals surface area contributed by atoms with Crippen LogP contribution in [0.25, 0.3) is 0 Å². The molecule has 0 fully saturated rings. The van der Waals surface area contributed by atoms with Crippen LogP contribution >= 0.6 is 11.6 Å². The van der Waals surface area contributed by atoms with Crippen molar-refractivity contribution in [2.75, 3.05) is 20.8 Å². The number of benzene rings is 2. The maximum absolute atomic E-state index is 13.8. The van der Waals surface area contributed by atoms with Crippen molar-refractivity contribution in [3.8, 4) is 17.6 Å². The number of nitrogens with one attached hydrogen (secondary N) is 1. The van der Waals surface area contributed by atoms with E-state index in [1.54, 1.807) is 12.1 Å². The number of carbonyl (C=O) groups excluding carboxylic acids is 1. The van der Waals surface area contributed by atoms with Gasteiger partial charge in [0.15, 0.2) is 17.3 Å². The molecule has 0 aliphatic carbocycles. The average Bonchev–Trinajstić information content (AvgIpc) is 3.13. The minimum atomic E-state index is -0.121. The van der Waals surface area contributed by atoms with Crippen molar-refractivity contribution in [3.05, 3.63) is 75.3 Å². The highest BCUT2D eigenvalue weighted by molar-refractivity contribution is 6.35. The maximum atomic E-state index is 13.8. The molecule has 0 radical (unpaired) electrons. The van der Waals surface area contributed by atoms with E-state index in [9.17, 15) is 10.1 Å². The van der Waals surface area contributed by atoms with Crippen LogP contribution in [-0.4, -0.2) is 36.2 Å². The summed E-state index contributed by atoms with van der Waals surface area (Å²) in [5.41, 5.74) is 3.84. The van der Waals surface area contributed by atoms with Gasteiger partial charge in [0, 0.05) is 5.69 Å². The standard InChI is InChI=1S/C28H33ClN4O3/c1-18(2)13-14-32(28(34)23-11-12-24(35-5)27(36-6)26(23)29)17-25-31-19(3)20(4)33(25)16-22-10-8-7-9-21(22)15-30/h7-12,18H,13-14,16-17H2,1-6H3/p+1. The first-order chi connectivity index (χ1) is 17.2. The van der Waals surface area contributed by atoms with E-state index in [0.717, 1.165) is 34.1 Å². The third-order valence-corrected chi connectivity index (χ3v) is 6.82. The molecule has 1 heterocycles. The summed E-state index contributed by atoms with van der Waals surface area (Å²) in [6.45, 7) is 9.78. The molecule has 1 amide bonds. The summed E-state index contributed by atoms with van der Waals surface area (Å²) in [5, 5.41) is 9.80. The van der Waals surface area contributed by atoms with E-state index in [-0.39, 0.29) is 10.9 Å². The number of aryl methyl sites for hydroxylation is 1. The number of nitrogens with zero attached hydrogens (tertiary/aromatic N) is 3. The fraction of sp³-hybridized carbons (Fsp3) is 0.393. The number of ether oxygens (including phenoxy) is 2. The van der Waals surface area contributed by atoms with Crippen LogP contribution < -0.4 is 14.4 Å². The number of carbonyl (C=O) groups is 1. The molecule has 0 saturated carbocycles. The summed E-state index contributed by atoms with van der Waals surface area (Å²) in [7, 11) is 3.04. The smallest absolute Gasteiger partial charge is 0.346 e. The fourth-order valence-electron chi connectivity index (χ4n) is 4.20. The molecule has 0 bridgehead atoms. The molecule has 190 valence electrons. The van der Waals surface area contributed by atoms with E-state index in [1.807, 2.05) is 38.1 Å². The van der Waals surface area contributed by atoms with Crippen LogP contribution in [0.4, 0.5) is 0 Å². The molecule has 1 unspecified atom stereocenters. The molecule has 8 heteroatoms. The van der Waals surface area contributed by atoms with E-state index in [2.05, 4.69) is 24.5 Å². The highest BCUT2D eigenvalue weighted by atomic mass is 35.5. The van der Waals surface area contributed by atoms with Gasteiger partial charge in [-0.1, -0.05) is 43.6 Å². The number of hydrogen-bond donors (Lipinski definition) is 1. The molecule has 7 nitrogen and oxygen atoms in total. The second-order valence-corrected chi connectivity index (χ2v) is 9.64. The number of methoxy groups -OCH3 is 2. The van der Waals surface area contributed by atoms with Crippen molar-refractivity contribution in [2.24, 2.45) is 5.92 Å². The zero-order chi connectivity index (χ0) is 26.4. The van der Waals surface area contributed by atoms with Gasteiger partial charge in [-0.25, -0.2) is 9.78 Å². The highest BCUT2D eigenvalue weighted by Crippen LogP contribution is 2.37. The normalized spacial score (nSPS) is 11.9. The lowest BCUT2D eigenvalue weighted by molar-refractivity contribution is -0.830. The number of hydrogen-bond acceptors (Lipinski definition) is 5. The monoisotopic (exact) mass is 509 g/mol. The van der Waals surface area contributed by atoms with Gasteiger partial charge in [-0.05, 0) is 49.9 Å². The number of aromatic nitrogens is 2. The van der Waals surface area contributed by atoms with Crippen LogP contribution in [0.1, 0.15) is 59.0 Å².